The van der Waals surface area contributed by atoms with Gasteiger partial charge in [-0.3, -0.25) is 0 Å². The van der Waals surface area contributed by atoms with Gasteiger partial charge < -0.3 is 10.4 Å². The van der Waals surface area contributed by atoms with Crippen molar-refractivity contribution in [3.8, 4) is 11.1 Å². The molecule has 0 aliphatic heterocycles. The molecule has 0 aliphatic carbocycles. The van der Waals surface area contributed by atoms with E-state index in [-0.39, 0.29) is 17.1 Å². The zero-order valence-corrected chi connectivity index (χ0v) is 12.5. The normalized spacial score (nSPS) is 10.4. The summed E-state index contributed by atoms with van der Waals surface area (Å²) in [6.07, 6.45) is 0. The lowest BCUT2D eigenvalue weighted by Crippen LogP contribution is -2.03. The molecule has 2 N–H and O–H groups in total. The highest BCUT2D eigenvalue weighted by Crippen LogP contribution is 2.27. The first-order valence-corrected chi connectivity index (χ1v) is 7.19. The lowest BCUT2D eigenvalue weighted by atomic mass is 10.0. The number of halogens is 2. The monoisotopic (exact) mass is 325 g/mol. The van der Waals surface area contributed by atoms with Crippen molar-refractivity contribution in [3.05, 3.63) is 83.9 Å². The van der Waals surface area contributed by atoms with Crippen LogP contribution in [0.4, 0.5) is 20.2 Å². The Morgan fingerprint density at radius 2 is 1.50 bits per heavy atom. The van der Waals surface area contributed by atoms with Crippen LogP contribution in [-0.4, -0.2) is 11.1 Å². The van der Waals surface area contributed by atoms with Gasteiger partial charge in [0.15, 0.2) is 0 Å². The lowest BCUT2D eigenvalue weighted by Gasteiger charge is -2.11. The Balaban J connectivity index is 1.96. The Hall–Kier alpha value is -3.21. The third-order valence-corrected chi connectivity index (χ3v) is 3.51. The maximum Gasteiger partial charge on any atom is 0.337 e. The van der Waals surface area contributed by atoms with E-state index in [4.69, 9.17) is 0 Å². The quantitative estimate of drug-likeness (QED) is 0.704. The summed E-state index contributed by atoms with van der Waals surface area (Å²) in [5.74, 6) is -2.04. The molecule has 3 nitrogen and oxygen atoms in total. The number of anilines is 2. The van der Waals surface area contributed by atoms with Crippen LogP contribution in [0.1, 0.15) is 10.4 Å². The van der Waals surface area contributed by atoms with E-state index in [1.807, 2.05) is 6.07 Å². The minimum Gasteiger partial charge on any atom is -0.478 e. The molecule has 0 aliphatic rings. The molecule has 0 saturated heterocycles. The lowest BCUT2D eigenvalue weighted by molar-refractivity contribution is 0.0698. The summed E-state index contributed by atoms with van der Waals surface area (Å²) in [4.78, 5) is 11.2. The first kappa shape index (κ1) is 15.7. The Bertz CT molecular complexity index is 909. The summed E-state index contributed by atoms with van der Waals surface area (Å²) >= 11 is 0. The number of nitrogens with one attached hydrogen (secondary N) is 1. The Morgan fingerprint density at radius 3 is 2.21 bits per heavy atom. The number of carboxylic acid groups (broad SMARTS) is 1. The molecule has 24 heavy (non-hydrogen) atoms. The van der Waals surface area contributed by atoms with Crippen LogP contribution in [0, 0.1) is 11.6 Å². The highest BCUT2D eigenvalue weighted by molar-refractivity contribution is 5.95. The minimum absolute atomic E-state index is 0.0347. The number of aromatic carboxylic acids is 1. The number of rotatable bonds is 4. The van der Waals surface area contributed by atoms with Crippen molar-refractivity contribution in [2.24, 2.45) is 0 Å². The van der Waals surface area contributed by atoms with Gasteiger partial charge in [-0.15, -0.1) is 0 Å². The van der Waals surface area contributed by atoms with E-state index in [1.54, 1.807) is 30.3 Å². The molecule has 0 amide bonds. The molecule has 0 bridgehead atoms. The Kier molecular flexibility index (Phi) is 4.24. The highest BCUT2D eigenvalue weighted by Gasteiger charge is 2.11. The van der Waals surface area contributed by atoms with Crippen LogP contribution < -0.4 is 5.32 Å². The summed E-state index contributed by atoms with van der Waals surface area (Å²) in [7, 11) is 0. The molecule has 120 valence electrons. The van der Waals surface area contributed by atoms with E-state index in [0.29, 0.717) is 11.3 Å². The summed E-state index contributed by atoms with van der Waals surface area (Å²) in [5.41, 5.74) is 2.14. The maximum absolute atomic E-state index is 13.4. The first-order valence-electron chi connectivity index (χ1n) is 7.19. The molecular formula is C19H13F2NO2. The van der Waals surface area contributed by atoms with Gasteiger partial charge in [-0.05, 0) is 53.6 Å². The molecule has 0 heterocycles. The fraction of sp³-hybridized carbons (Fsp3) is 0. The topological polar surface area (TPSA) is 49.3 Å². The standard InChI is InChI=1S/C19H13F2NO2/c20-14-5-1-3-12(9-14)13-4-2-6-16(10-13)22-18-11-15(21)7-8-17(18)19(23)24/h1-11,22H,(H,23,24). The second-order valence-electron chi connectivity index (χ2n) is 5.21. The molecule has 3 aromatic rings. The van der Waals surface area contributed by atoms with Gasteiger partial charge in [-0.2, -0.15) is 0 Å². The van der Waals surface area contributed by atoms with Gasteiger partial charge in [0.1, 0.15) is 11.6 Å². The summed E-state index contributed by atoms with van der Waals surface area (Å²) in [5, 5.41) is 12.1. The fourth-order valence-corrected chi connectivity index (χ4v) is 2.41. The molecule has 3 rings (SSSR count). The molecule has 5 heteroatoms. The van der Waals surface area contributed by atoms with Gasteiger partial charge >= 0.3 is 5.97 Å². The molecule has 0 saturated carbocycles. The number of hydrogen-bond donors (Lipinski definition) is 2. The van der Waals surface area contributed by atoms with Crippen LogP contribution in [0.5, 0.6) is 0 Å². The third-order valence-electron chi connectivity index (χ3n) is 3.51. The number of benzene rings is 3. The number of carboxylic acids is 1. The molecule has 0 unspecified atom stereocenters. The van der Waals surface area contributed by atoms with Gasteiger partial charge in [-0.25, -0.2) is 13.6 Å². The molecular weight excluding hydrogens is 312 g/mol. The van der Waals surface area contributed by atoms with E-state index < -0.39 is 11.8 Å². The van der Waals surface area contributed by atoms with Crippen LogP contribution in [0.2, 0.25) is 0 Å². The summed E-state index contributed by atoms with van der Waals surface area (Å²) in [6.45, 7) is 0. The van der Waals surface area contributed by atoms with Crippen molar-refractivity contribution in [1.82, 2.24) is 0 Å². The molecule has 3 aromatic carbocycles. The number of hydrogen-bond acceptors (Lipinski definition) is 2. The third kappa shape index (κ3) is 3.41. The van der Waals surface area contributed by atoms with E-state index in [0.717, 1.165) is 17.7 Å². The van der Waals surface area contributed by atoms with Gasteiger partial charge in [0.05, 0.1) is 11.3 Å². The minimum atomic E-state index is -1.15. The van der Waals surface area contributed by atoms with Crippen LogP contribution in [0.25, 0.3) is 11.1 Å². The summed E-state index contributed by atoms with van der Waals surface area (Å²) < 4.78 is 26.8. The Morgan fingerprint density at radius 1 is 0.833 bits per heavy atom. The smallest absolute Gasteiger partial charge is 0.337 e. The molecule has 0 radical (unpaired) electrons. The zero-order chi connectivity index (χ0) is 17.1. The predicted octanol–water partition coefficient (Wildman–Crippen LogP) is 5.07. The SMILES string of the molecule is O=C(O)c1ccc(F)cc1Nc1cccc(-c2cccc(F)c2)c1. The maximum atomic E-state index is 13.4. The highest BCUT2D eigenvalue weighted by atomic mass is 19.1. The van der Waals surface area contributed by atoms with Gasteiger partial charge in [-0.1, -0.05) is 24.3 Å². The van der Waals surface area contributed by atoms with Gasteiger partial charge in [0, 0.05) is 5.69 Å². The van der Waals surface area contributed by atoms with Crippen LogP contribution in [0.15, 0.2) is 66.7 Å². The second-order valence-corrected chi connectivity index (χ2v) is 5.21. The number of carbonyl (C=O) groups is 1. The predicted molar refractivity (Wildman–Crippen MR) is 88.5 cm³/mol. The largest absolute Gasteiger partial charge is 0.478 e. The fourth-order valence-electron chi connectivity index (χ4n) is 2.41. The van der Waals surface area contributed by atoms with Crippen LogP contribution >= 0.6 is 0 Å². The van der Waals surface area contributed by atoms with Crippen LogP contribution in [-0.2, 0) is 0 Å². The second kappa shape index (κ2) is 6.50. The van der Waals surface area contributed by atoms with E-state index in [2.05, 4.69) is 5.32 Å². The van der Waals surface area contributed by atoms with Gasteiger partial charge in [0.2, 0.25) is 0 Å². The van der Waals surface area contributed by atoms with Crippen molar-refractivity contribution in [2.45, 2.75) is 0 Å². The van der Waals surface area contributed by atoms with Crippen molar-refractivity contribution in [1.29, 1.82) is 0 Å². The van der Waals surface area contributed by atoms with Crippen molar-refractivity contribution in [3.63, 3.8) is 0 Å². The zero-order valence-electron chi connectivity index (χ0n) is 12.5. The van der Waals surface area contributed by atoms with E-state index in [9.17, 15) is 18.7 Å². The molecule has 0 atom stereocenters. The van der Waals surface area contributed by atoms with Gasteiger partial charge in [0.25, 0.3) is 0 Å². The Labute approximate surface area is 137 Å². The van der Waals surface area contributed by atoms with E-state index >= 15 is 0 Å². The average Bonchev–Trinajstić information content (AvgIpc) is 2.55. The van der Waals surface area contributed by atoms with Crippen molar-refractivity contribution >= 4 is 17.3 Å². The molecule has 0 spiro atoms. The molecule has 0 fully saturated rings. The van der Waals surface area contributed by atoms with E-state index in [1.165, 1.54) is 18.2 Å². The van der Waals surface area contributed by atoms with Crippen molar-refractivity contribution < 1.29 is 18.7 Å². The first-order chi connectivity index (χ1) is 11.5. The van der Waals surface area contributed by atoms with Crippen LogP contribution in [0.3, 0.4) is 0 Å². The summed E-state index contributed by atoms with van der Waals surface area (Å²) in [6, 6.07) is 16.6. The molecule has 0 aromatic heterocycles. The van der Waals surface area contributed by atoms with Crippen molar-refractivity contribution in [2.75, 3.05) is 5.32 Å². The average molecular weight is 325 g/mol.